The highest BCUT2D eigenvalue weighted by Crippen LogP contribution is 2.34. The van der Waals surface area contributed by atoms with Gasteiger partial charge in [0.15, 0.2) is 0 Å². The molecular formula is C9H17NO. The van der Waals surface area contributed by atoms with Crippen molar-refractivity contribution in [3.63, 3.8) is 0 Å². The van der Waals surface area contributed by atoms with E-state index >= 15 is 0 Å². The van der Waals surface area contributed by atoms with Crippen molar-refractivity contribution < 1.29 is 4.74 Å². The summed E-state index contributed by atoms with van der Waals surface area (Å²) in [6, 6.07) is 0.557. The number of hydrogen-bond donors (Lipinski definition) is 1. The van der Waals surface area contributed by atoms with Crippen LogP contribution in [0, 0.1) is 0 Å². The Morgan fingerprint density at radius 3 is 2.64 bits per heavy atom. The number of rotatable bonds is 0. The van der Waals surface area contributed by atoms with Crippen molar-refractivity contribution in [1.82, 2.24) is 5.32 Å². The monoisotopic (exact) mass is 155 g/mol. The summed E-state index contributed by atoms with van der Waals surface area (Å²) in [5.74, 6) is 0. The Morgan fingerprint density at radius 1 is 1.36 bits per heavy atom. The first-order chi connectivity index (χ1) is 5.31. The molecule has 11 heavy (non-hydrogen) atoms. The van der Waals surface area contributed by atoms with E-state index in [4.69, 9.17) is 4.74 Å². The third kappa shape index (κ3) is 1.42. The molecule has 0 amide bonds. The van der Waals surface area contributed by atoms with Gasteiger partial charge in [-0.05, 0) is 19.8 Å². The highest BCUT2D eigenvalue weighted by atomic mass is 16.5. The molecule has 1 unspecified atom stereocenters. The van der Waals surface area contributed by atoms with Crippen molar-refractivity contribution in [3.8, 4) is 0 Å². The fourth-order valence-corrected chi connectivity index (χ4v) is 2.11. The van der Waals surface area contributed by atoms with Crippen molar-refractivity contribution >= 4 is 0 Å². The largest absolute Gasteiger partial charge is 0.372 e. The lowest BCUT2D eigenvalue weighted by atomic mass is 10.00. The van der Waals surface area contributed by atoms with Gasteiger partial charge in [-0.2, -0.15) is 0 Å². The lowest BCUT2D eigenvalue weighted by Crippen LogP contribution is -2.52. The zero-order valence-corrected chi connectivity index (χ0v) is 7.23. The van der Waals surface area contributed by atoms with Gasteiger partial charge in [0.1, 0.15) is 0 Å². The average Bonchev–Trinajstić information content (AvgIpc) is 2.45. The standard InChI is InChI=1S/C9H17NO/c1-8-6-11-9(7-10-8)4-2-3-5-9/h8,10H,2-7H2,1H3. The van der Waals surface area contributed by atoms with E-state index in [2.05, 4.69) is 12.2 Å². The van der Waals surface area contributed by atoms with E-state index in [-0.39, 0.29) is 5.60 Å². The maximum atomic E-state index is 5.88. The fraction of sp³-hybridized carbons (Fsp3) is 1.00. The number of ether oxygens (including phenoxy) is 1. The third-order valence-corrected chi connectivity index (χ3v) is 2.93. The van der Waals surface area contributed by atoms with Crippen LogP contribution >= 0.6 is 0 Å². The first kappa shape index (κ1) is 7.56. The molecule has 0 radical (unpaired) electrons. The predicted octanol–water partition coefficient (Wildman–Crippen LogP) is 1.31. The van der Waals surface area contributed by atoms with Crippen molar-refractivity contribution in [1.29, 1.82) is 0 Å². The van der Waals surface area contributed by atoms with E-state index < -0.39 is 0 Å². The first-order valence-electron chi connectivity index (χ1n) is 4.68. The summed E-state index contributed by atoms with van der Waals surface area (Å²) in [4.78, 5) is 0. The molecule has 2 aliphatic rings. The Kier molecular flexibility index (Phi) is 1.90. The smallest absolute Gasteiger partial charge is 0.0807 e. The van der Waals surface area contributed by atoms with Crippen LogP contribution in [0.25, 0.3) is 0 Å². The van der Waals surface area contributed by atoms with Gasteiger partial charge in [-0.25, -0.2) is 0 Å². The highest BCUT2D eigenvalue weighted by molar-refractivity contribution is 4.92. The summed E-state index contributed by atoms with van der Waals surface area (Å²) in [7, 11) is 0. The van der Waals surface area contributed by atoms with Gasteiger partial charge in [-0.1, -0.05) is 12.8 Å². The summed E-state index contributed by atoms with van der Waals surface area (Å²) in [5.41, 5.74) is 0.243. The Balaban J connectivity index is 1.94. The summed E-state index contributed by atoms with van der Waals surface area (Å²) < 4.78 is 5.88. The molecule has 1 heterocycles. The van der Waals surface area contributed by atoms with Gasteiger partial charge >= 0.3 is 0 Å². The summed E-state index contributed by atoms with van der Waals surface area (Å²) in [6.45, 7) is 4.16. The molecule has 0 aromatic heterocycles. The Labute approximate surface area is 68.3 Å². The molecule has 1 saturated heterocycles. The number of nitrogens with one attached hydrogen (secondary N) is 1. The molecule has 1 atom stereocenters. The summed E-state index contributed by atoms with van der Waals surface area (Å²) >= 11 is 0. The predicted molar refractivity (Wildman–Crippen MR) is 44.6 cm³/mol. The fourth-order valence-electron chi connectivity index (χ4n) is 2.11. The van der Waals surface area contributed by atoms with E-state index in [1.54, 1.807) is 0 Å². The van der Waals surface area contributed by atoms with Gasteiger partial charge in [0.05, 0.1) is 12.2 Å². The first-order valence-corrected chi connectivity index (χ1v) is 4.68. The minimum absolute atomic E-state index is 0.243. The molecule has 2 fully saturated rings. The van der Waals surface area contributed by atoms with E-state index in [0.29, 0.717) is 6.04 Å². The van der Waals surface area contributed by atoms with Crippen LogP contribution in [0.5, 0.6) is 0 Å². The Morgan fingerprint density at radius 2 is 2.09 bits per heavy atom. The van der Waals surface area contributed by atoms with Crippen molar-refractivity contribution in [2.75, 3.05) is 13.2 Å². The second-order valence-corrected chi connectivity index (χ2v) is 3.98. The molecule has 0 bridgehead atoms. The van der Waals surface area contributed by atoms with Crippen molar-refractivity contribution in [3.05, 3.63) is 0 Å². The maximum Gasteiger partial charge on any atom is 0.0807 e. The van der Waals surface area contributed by atoms with Crippen LogP contribution in [0.1, 0.15) is 32.6 Å². The van der Waals surface area contributed by atoms with E-state index in [0.717, 1.165) is 13.2 Å². The molecule has 1 aliphatic heterocycles. The van der Waals surface area contributed by atoms with Gasteiger partial charge in [0.25, 0.3) is 0 Å². The molecule has 1 saturated carbocycles. The quantitative estimate of drug-likeness (QED) is 0.569. The van der Waals surface area contributed by atoms with Crippen LogP contribution in [0.2, 0.25) is 0 Å². The molecule has 2 heteroatoms. The zero-order chi connectivity index (χ0) is 7.73. The van der Waals surface area contributed by atoms with Crippen molar-refractivity contribution in [2.45, 2.75) is 44.2 Å². The summed E-state index contributed by atoms with van der Waals surface area (Å²) in [5, 5.41) is 3.49. The zero-order valence-electron chi connectivity index (χ0n) is 7.23. The third-order valence-electron chi connectivity index (χ3n) is 2.93. The molecule has 2 rings (SSSR count). The summed E-state index contributed by atoms with van der Waals surface area (Å²) in [6.07, 6.45) is 5.26. The lowest BCUT2D eigenvalue weighted by molar-refractivity contribution is -0.0753. The topological polar surface area (TPSA) is 21.3 Å². The average molecular weight is 155 g/mol. The van der Waals surface area contributed by atoms with E-state index in [1.165, 1.54) is 25.7 Å². The Hall–Kier alpha value is -0.0800. The maximum absolute atomic E-state index is 5.88. The van der Waals surface area contributed by atoms with E-state index in [9.17, 15) is 0 Å². The minimum Gasteiger partial charge on any atom is -0.372 e. The number of morpholine rings is 1. The van der Waals surface area contributed by atoms with Crippen LogP contribution in [-0.4, -0.2) is 24.8 Å². The lowest BCUT2D eigenvalue weighted by Gasteiger charge is -2.37. The SMILES string of the molecule is CC1COC2(CCCC2)CN1. The van der Waals surface area contributed by atoms with Gasteiger partial charge < -0.3 is 10.1 Å². The molecule has 1 aliphatic carbocycles. The van der Waals surface area contributed by atoms with Crippen LogP contribution in [-0.2, 0) is 4.74 Å². The Bertz CT molecular complexity index is 130. The van der Waals surface area contributed by atoms with Gasteiger partial charge in [0.2, 0.25) is 0 Å². The van der Waals surface area contributed by atoms with E-state index in [1.807, 2.05) is 0 Å². The van der Waals surface area contributed by atoms with Crippen LogP contribution < -0.4 is 5.32 Å². The second-order valence-electron chi connectivity index (χ2n) is 3.98. The van der Waals surface area contributed by atoms with Crippen molar-refractivity contribution in [2.24, 2.45) is 0 Å². The molecule has 64 valence electrons. The minimum atomic E-state index is 0.243. The number of hydrogen-bond acceptors (Lipinski definition) is 2. The van der Waals surface area contributed by atoms with Crippen LogP contribution in [0.3, 0.4) is 0 Å². The van der Waals surface area contributed by atoms with Gasteiger partial charge in [0, 0.05) is 12.6 Å². The molecule has 0 aromatic carbocycles. The van der Waals surface area contributed by atoms with Gasteiger partial charge in [-0.15, -0.1) is 0 Å². The van der Waals surface area contributed by atoms with Crippen LogP contribution in [0.4, 0.5) is 0 Å². The second kappa shape index (κ2) is 2.76. The molecule has 1 spiro atoms. The molecule has 1 N–H and O–H groups in total. The van der Waals surface area contributed by atoms with Crippen LogP contribution in [0.15, 0.2) is 0 Å². The normalized spacial score (nSPS) is 36.3. The molecule has 2 nitrogen and oxygen atoms in total. The molecule has 0 aromatic rings. The van der Waals surface area contributed by atoms with Gasteiger partial charge in [-0.3, -0.25) is 0 Å². The highest BCUT2D eigenvalue weighted by Gasteiger charge is 2.37. The molecular weight excluding hydrogens is 138 g/mol.